The average Bonchev–Trinajstić information content (AvgIpc) is 3.19. The Kier molecular flexibility index (Phi) is 4.78. The number of nitrogens with zero attached hydrogens (tertiary/aromatic N) is 3. The number of rotatable bonds is 5. The van der Waals surface area contributed by atoms with E-state index in [-0.39, 0.29) is 0 Å². The maximum Gasteiger partial charge on any atom is 0.163 e. The van der Waals surface area contributed by atoms with E-state index in [2.05, 4.69) is 10.3 Å². The third kappa shape index (κ3) is 3.02. The Balaban J connectivity index is 1.91. The molecule has 144 valence electrons. The molecule has 4 rings (SSSR count). The van der Waals surface area contributed by atoms with Crippen molar-refractivity contribution in [3.63, 3.8) is 0 Å². The number of nitrogens with one attached hydrogen (secondary N) is 1. The molecule has 0 aliphatic carbocycles. The van der Waals surface area contributed by atoms with Crippen molar-refractivity contribution in [3.05, 3.63) is 46.8 Å². The quantitative estimate of drug-likeness (QED) is 0.493. The zero-order chi connectivity index (χ0) is 19.8. The normalized spacial score (nSPS) is 11.0. The minimum absolute atomic E-state index is 0.413. The fourth-order valence-corrected chi connectivity index (χ4v) is 3.54. The van der Waals surface area contributed by atoms with Gasteiger partial charge in [-0.1, -0.05) is 23.2 Å². The molecule has 0 saturated heterocycles. The molecule has 2 aromatic heterocycles. The molecule has 4 aromatic rings. The van der Waals surface area contributed by atoms with Gasteiger partial charge in [0.25, 0.3) is 0 Å². The van der Waals surface area contributed by atoms with Crippen molar-refractivity contribution < 1.29 is 14.2 Å². The van der Waals surface area contributed by atoms with Crippen molar-refractivity contribution in [3.8, 4) is 17.2 Å². The van der Waals surface area contributed by atoms with Crippen LogP contribution in [0.3, 0.4) is 0 Å². The molecule has 2 heterocycles. The number of fused-ring (bicyclic) bond motifs is 3. The molecule has 0 aliphatic rings. The number of anilines is 2. The van der Waals surface area contributed by atoms with Crippen molar-refractivity contribution in [1.29, 1.82) is 0 Å². The summed E-state index contributed by atoms with van der Waals surface area (Å²) in [6.45, 7) is 0. The van der Waals surface area contributed by atoms with Crippen molar-refractivity contribution in [2.75, 3.05) is 26.6 Å². The SMILES string of the molecule is COc1cc(Cl)c(Nc2nc3cc(OC)c(OC)cc3n3cncc23)c(Cl)c1. The van der Waals surface area contributed by atoms with Crippen LogP contribution in [0.2, 0.25) is 10.0 Å². The summed E-state index contributed by atoms with van der Waals surface area (Å²) in [5, 5.41) is 4.04. The van der Waals surface area contributed by atoms with E-state index in [1.54, 1.807) is 52.1 Å². The standard InChI is InChI=1S/C19H16Cl2N4O3/c1-26-10-4-11(20)18(12(21)5-10)24-19-15-8-22-9-25(15)14-7-17(28-3)16(27-2)6-13(14)23-19/h4-9H,1-3H3,(H,23,24). The summed E-state index contributed by atoms with van der Waals surface area (Å²) in [4.78, 5) is 8.97. The molecule has 7 nitrogen and oxygen atoms in total. The number of imidazole rings is 1. The third-order valence-corrected chi connectivity index (χ3v) is 4.94. The first-order valence-corrected chi connectivity index (χ1v) is 8.99. The topological polar surface area (TPSA) is 69.9 Å². The molecule has 0 saturated carbocycles. The summed E-state index contributed by atoms with van der Waals surface area (Å²) in [6, 6.07) is 7.01. The van der Waals surface area contributed by atoms with Gasteiger partial charge < -0.3 is 19.5 Å². The number of methoxy groups -OCH3 is 3. The predicted octanol–water partition coefficient (Wildman–Crippen LogP) is 4.96. The van der Waals surface area contributed by atoms with Crippen LogP contribution in [0.4, 0.5) is 11.5 Å². The van der Waals surface area contributed by atoms with Crippen LogP contribution in [-0.4, -0.2) is 35.7 Å². The van der Waals surface area contributed by atoms with Crippen LogP contribution in [0.25, 0.3) is 16.6 Å². The molecule has 2 aromatic carbocycles. The Hall–Kier alpha value is -2.90. The lowest BCUT2D eigenvalue weighted by atomic mass is 10.2. The highest BCUT2D eigenvalue weighted by atomic mass is 35.5. The molecule has 1 N–H and O–H groups in total. The van der Waals surface area contributed by atoms with Crippen molar-refractivity contribution in [2.24, 2.45) is 0 Å². The van der Waals surface area contributed by atoms with E-state index in [0.29, 0.717) is 44.3 Å². The van der Waals surface area contributed by atoms with Crippen molar-refractivity contribution >= 4 is 51.3 Å². The van der Waals surface area contributed by atoms with E-state index in [9.17, 15) is 0 Å². The van der Waals surface area contributed by atoms with Gasteiger partial charge in [-0.2, -0.15) is 0 Å². The van der Waals surface area contributed by atoms with Crippen LogP contribution in [0.15, 0.2) is 36.8 Å². The first-order valence-electron chi connectivity index (χ1n) is 8.23. The zero-order valence-electron chi connectivity index (χ0n) is 15.3. The van der Waals surface area contributed by atoms with Gasteiger partial charge in [0.1, 0.15) is 11.3 Å². The molecular formula is C19H16Cl2N4O3. The van der Waals surface area contributed by atoms with E-state index in [0.717, 1.165) is 11.0 Å². The first-order chi connectivity index (χ1) is 13.5. The van der Waals surface area contributed by atoms with Gasteiger partial charge in [-0.25, -0.2) is 9.97 Å². The summed E-state index contributed by atoms with van der Waals surface area (Å²) < 4.78 is 17.9. The highest BCUT2D eigenvalue weighted by molar-refractivity contribution is 6.39. The molecule has 0 spiro atoms. The Morgan fingerprint density at radius 2 is 1.57 bits per heavy atom. The molecule has 0 fully saturated rings. The highest BCUT2D eigenvalue weighted by Crippen LogP contribution is 2.38. The second-order valence-electron chi connectivity index (χ2n) is 5.90. The van der Waals surface area contributed by atoms with Crippen LogP contribution < -0.4 is 19.5 Å². The predicted molar refractivity (Wildman–Crippen MR) is 110 cm³/mol. The van der Waals surface area contributed by atoms with Crippen LogP contribution in [-0.2, 0) is 0 Å². The van der Waals surface area contributed by atoms with Crippen molar-refractivity contribution in [2.45, 2.75) is 0 Å². The number of hydrogen-bond acceptors (Lipinski definition) is 6. The minimum atomic E-state index is 0.413. The Bertz CT molecular complexity index is 1170. The highest BCUT2D eigenvalue weighted by Gasteiger charge is 2.16. The van der Waals surface area contributed by atoms with Gasteiger partial charge in [0.15, 0.2) is 17.3 Å². The molecule has 0 unspecified atom stereocenters. The Morgan fingerprint density at radius 3 is 2.21 bits per heavy atom. The summed E-state index contributed by atoms with van der Waals surface area (Å²) >= 11 is 12.8. The van der Waals surface area contributed by atoms with Gasteiger partial charge in [0.05, 0.1) is 60.6 Å². The lowest BCUT2D eigenvalue weighted by Gasteiger charge is -2.15. The second-order valence-corrected chi connectivity index (χ2v) is 6.71. The average molecular weight is 419 g/mol. The number of aromatic nitrogens is 3. The molecule has 28 heavy (non-hydrogen) atoms. The lowest BCUT2D eigenvalue weighted by molar-refractivity contribution is 0.355. The van der Waals surface area contributed by atoms with E-state index < -0.39 is 0 Å². The van der Waals surface area contributed by atoms with Gasteiger partial charge >= 0.3 is 0 Å². The Morgan fingerprint density at radius 1 is 0.893 bits per heavy atom. The van der Waals surface area contributed by atoms with E-state index in [1.165, 1.54) is 0 Å². The lowest BCUT2D eigenvalue weighted by Crippen LogP contribution is -2.01. The summed E-state index contributed by atoms with van der Waals surface area (Å²) in [5.74, 6) is 2.30. The fraction of sp³-hybridized carbons (Fsp3) is 0.158. The number of benzene rings is 2. The van der Waals surface area contributed by atoms with Crippen LogP contribution in [0.5, 0.6) is 17.2 Å². The van der Waals surface area contributed by atoms with Gasteiger partial charge in [-0.15, -0.1) is 0 Å². The zero-order valence-corrected chi connectivity index (χ0v) is 16.8. The molecule has 9 heteroatoms. The largest absolute Gasteiger partial charge is 0.497 e. The maximum absolute atomic E-state index is 6.38. The van der Waals surface area contributed by atoms with Crippen LogP contribution in [0.1, 0.15) is 0 Å². The van der Waals surface area contributed by atoms with Gasteiger partial charge in [-0.05, 0) is 0 Å². The van der Waals surface area contributed by atoms with Gasteiger partial charge in [0, 0.05) is 24.3 Å². The molecule has 0 radical (unpaired) electrons. The summed E-state index contributed by atoms with van der Waals surface area (Å²) in [7, 11) is 4.72. The van der Waals surface area contributed by atoms with E-state index >= 15 is 0 Å². The van der Waals surface area contributed by atoms with Gasteiger partial charge in [0.2, 0.25) is 0 Å². The monoisotopic (exact) mass is 418 g/mol. The number of ether oxygens (including phenoxy) is 3. The smallest absolute Gasteiger partial charge is 0.163 e. The summed E-state index contributed by atoms with van der Waals surface area (Å²) in [5.41, 5.74) is 2.79. The maximum atomic E-state index is 6.38. The number of halogens is 2. The van der Waals surface area contributed by atoms with Crippen LogP contribution >= 0.6 is 23.2 Å². The third-order valence-electron chi connectivity index (χ3n) is 4.35. The Labute approximate surface area is 170 Å². The molecule has 0 aliphatic heterocycles. The molecular weight excluding hydrogens is 403 g/mol. The summed E-state index contributed by atoms with van der Waals surface area (Å²) in [6.07, 6.45) is 3.41. The van der Waals surface area contributed by atoms with E-state index in [1.807, 2.05) is 10.5 Å². The van der Waals surface area contributed by atoms with Gasteiger partial charge in [-0.3, -0.25) is 4.40 Å². The molecule has 0 bridgehead atoms. The fourth-order valence-electron chi connectivity index (χ4n) is 2.98. The van der Waals surface area contributed by atoms with E-state index in [4.69, 9.17) is 42.4 Å². The first kappa shape index (κ1) is 18.5. The van der Waals surface area contributed by atoms with Crippen LogP contribution in [0, 0.1) is 0 Å². The second kappa shape index (κ2) is 7.26. The van der Waals surface area contributed by atoms with Crippen molar-refractivity contribution in [1.82, 2.24) is 14.4 Å². The minimum Gasteiger partial charge on any atom is -0.497 e. The molecule has 0 amide bonds. The molecule has 0 atom stereocenters. The number of hydrogen-bond donors (Lipinski definition) is 1.